The monoisotopic (exact) mass is 450 g/mol. The Kier molecular flexibility index (Phi) is 5.31. The van der Waals surface area contributed by atoms with Gasteiger partial charge < -0.3 is 9.72 Å². The summed E-state index contributed by atoms with van der Waals surface area (Å²) >= 11 is 6.31. The fraction of sp³-hybridized carbons (Fsp3) is 0.105. The molecule has 0 unspecified atom stereocenters. The number of halogens is 3. The zero-order valence-electron chi connectivity index (χ0n) is 15.1. The van der Waals surface area contributed by atoms with Crippen LogP contribution in [0.5, 0.6) is 5.75 Å². The maximum absolute atomic E-state index is 12.5. The van der Waals surface area contributed by atoms with E-state index in [0.717, 1.165) is 17.0 Å². The van der Waals surface area contributed by atoms with Crippen LogP contribution in [0.3, 0.4) is 0 Å². The molecule has 0 aliphatic heterocycles. The summed E-state index contributed by atoms with van der Waals surface area (Å²) in [6.45, 7) is -1.37. The predicted molar refractivity (Wildman–Crippen MR) is 110 cm³/mol. The maximum Gasteiger partial charge on any atom is 0.422 e. The highest BCUT2D eigenvalue weighted by atomic mass is 32.1. The molecule has 6 nitrogen and oxygen atoms in total. The van der Waals surface area contributed by atoms with E-state index < -0.39 is 12.8 Å². The van der Waals surface area contributed by atoms with Crippen molar-refractivity contribution in [1.82, 2.24) is 14.5 Å². The Balaban J connectivity index is 1.47. The van der Waals surface area contributed by atoms with E-state index in [0.29, 0.717) is 25.7 Å². The number of amides is 1. The number of nitrogens with zero attached hydrogens (tertiary/aromatic N) is 2. The van der Waals surface area contributed by atoms with E-state index in [9.17, 15) is 18.0 Å². The highest BCUT2D eigenvalue weighted by Crippen LogP contribution is 2.30. The number of thiazole rings is 1. The van der Waals surface area contributed by atoms with Crippen molar-refractivity contribution < 1.29 is 22.7 Å². The molecule has 2 aromatic heterocycles. The lowest BCUT2D eigenvalue weighted by Crippen LogP contribution is -2.19. The van der Waals surface area contributed by atoms with Crippen LogP contribution >= 0.6 is 23.6 Å². The number of carbonyl (C=O) groups is 1. The van der Waals surface area contributed by atoms with Crippen LogP contribution in [-0.4, -0.2) is 33.2 Å². The van der Waals surface area contributed by atoms with Crippen LogP contribution in [0, 0.1) is 4.77 Å². The van der Waals surface area contributed by atoms with Crippen LogP contribution in [0.2, 0.25) is 0 Å². The molecular weight excluding hydrogens is 437 g/mol. The first kappa shape index (κ1) is 20.1. The molecule has 1 amide bonds. The largest absolute Gasteiger partial charge is 0.484 e. The molecule has 4 rings (SSSR count). The number of imidazole rings is 1. The lowest BCUT2D eigenvalue weighted by Gasteiger charge is -2.08. The number of hydrogen-bond donors (Lipinski definition) is 2. The zero-order valence-corrected chi connectivity index (χ0v) is 16.7. The van der Waals surface area contributed by atoms with Crippen LogP contribution in [0.4, 0.5) is 18.3 Å². The van der Waals surface area contributed by atoms with Crippen LogP contribution in [0.25, 0.3) is 15.9 Å². The minimum absolute atomic E-state index is 0.0836. The molecule has 0 bridgehead atoms. The van der Waals surface area contributed by atoms with Gasteiger partial charge in [0.1, 0.15) is 5.75 Å². The average Bonchev–Trinajstić information content (AvgIpc) is 3.30. The summed E-state index contributed by atoms with van der Waals surface area (Å²) in [7, 11) is 0. The number of fused-ring (bicyclic) bond motifs is 1. The summed E-state index contributed by atoms with van der Waals surface area (Å²) in [6, 6.07) is 11.3. The minimum Gasteiger partial charge on any atom is -0.484 e. The number of nitrogens with one attached hydrogen (secondary N) is 2. The van der Waals surface area contributed by atoms with Crippen LogP contribution in [0.15, 0.2) is 54.9 Å². The fourth-order valence-electron chi connectivity index (χ4n) is 2.68. The molecule has 0 radical (unpaired) electrons. The molecule has 11 heteroatoms. The van der Waals surface area contributed by atoms with Crippen molar-refractivity contribution in [2.45, 2.75) is 6.18 Å². The van der Waals surface area contributed by atoms with Crippen molar-refractivity contribution in [2.75, 3.05) is 11.9 Å². The summed E-state index contributed by atoms with van der Waals surface area (Å²) in [5.74, 6) is -0.271. The minimum atomic E-state index is -4.41. The quantitative estimate of drug-likeness (QED) is 0.403. The summed E-state index contributed by atoms with van der Waals surface area (Å²) < 4.78 is 44.5. The molecule has 30 heavy (non-hydrogen) atoms. The zero-order chi connectivity index (χ0) is 21.3. The molecule has 2 heterocycles. The molecule has 4 aromatic rings. The molecule has 0 spiro atoms. The number of alkyl halides is 3. The average molecular weight is 450 g/mol. The number of carbonyl (C=O) groups excluding carboxylic acids is 1. The summed E-state index contributed by atoms with van der Waals surface area (Å²) in [5.41, 5.74) is 1.78. The Hall–Kier alpha value is -3.18. The highest BCUT2D eigenvalue weighted by Gasteiger charge is 2.28. The van der Waals surface area contributed by atoms with Gasteiger partial charge in [0, 0.05) is 23.6 Å². The molecule has 0 aliphatic rings. The number of rotatable bonds is 5. The van der Waals surface area contributed by atoms with Crippen LogP contribution in [0.1, 0.15) is 10.4 Å². The van der Waals surface area contributed by atoms with Crippen molar-refractivity contribution in [1.29, 1.82) is 0 Å². The topological polar surface area (TPSA) is 71.9 Å². The van der Waals surface area contributed by atoms with Gasteiger partial charge in [0.05, 0.1) is 10.2 Å². The van der Waals surface area contributed by atoms with Crippen molar-refractivity contribution in [2.24, 2.45) is 0 Å². The summed E-state index contributed by atoms with van der Waals surface area (Å²) in [6.07, 6.45) is -0.912. The van der Waals surface area contributed by atoms with Crippen molar-refractivity contribution in [3.8, 4) is 11.4 Å². The number of ether oxygens (including phenoxy) is 1. The van der Waals surface area contributed by atoms with Gasteiger partial charge in [0.2, 0.25) is 0 Å². The first-order chi connectivity index (χ1) is 14.3. The van der Waals surface area contributed by atoms with Gasteiger partial charge in [-0.25, -0.2) is 4.98 Å². The normalized spacial score (nSPS) is 11.6. The van der Waals surface area contributed by atoms with E-state index in [1.54, 1.807) is 47.3 Å². The smallest absolute Gasteiger partial charge is 0.422 e. The van der Waals surface area contributed by atoms with Gasteiger partial charge in [-0.1, -0.05) is 11.3 Å². The maximum atomic E-state index is 12.5. The molecule has 0 saturated heterocycles. The molecule has 0 aliphatic carbocycles. The van der Waals surface area contributed by atoms with E-state index in [-0.39, 0.29) is 11.7 Å². The molecular formula is C19H13F3N4O2S2. The van der Waals surface area contributed by atoms with Crippen molar-refractivity contribution >= 4 is 44.8 Å². The molecule has 2 aromatic carbocycles. The van der Waals surface area contributed by atoms with Gasteiger partial charge >= 0.3 is 6.18 Å². The second-order valence-electron chi connectivity index (χ2n) is 6.19. The number of aromatic amines is 1. The first-order valence-electron chi connectivity index (χ1n) is 8.56. The van der Waals surface area contributed by atoms with Gasteiger partial charge in [0.25, 0.3) is 5.91 Å². The van der Waals surface area contributed by atoms with E-state index in [4.69, 9.17) is 17.0 Å². The predicted octanol–water partition coefficient (Wildman–Crippen LogP) is 5.34. The molecule has 154 valence electrons. The van der Waals surface area contributed by atoms with Gasteiger partial charge in [-0.3, -0.25) is 14.7 Å². The van der Waals surface area contributed by atoms with Crippen LogP contribution < -0.4 is 10.1 Å². The number of benzene rings is 2. The van der Waals surface area contributed by atoms with Gasteiger partial charge in [-0.2, -0.15) is 13.2 Å². The number of aromatic nitrogens is 3. The number of anilines is 1. The number of H-pyrrole nitrogens is 1. The van der Waals surface area contributed by atoms with Gasteiger partial charge in [-0.05, 0) is 54.7 Å². The van der Waals surface area contributed by atoms with Gasteiger partial charge in [0.15, 0.2) is 16.5 Å². The van der Waals surface area contributed by atoms with Crippen molar-refractivity contribution in [3.63, 3.8) is 0 Å². The van der Waals surface area contributed by atoms with Crippen molar-refractivity contribution in [3.05, 3.63) is 65.2 Å². The second-order valence-corrected chi connectivity index (χ2v) is 7.61. The van der Waals surface area contributed by atoms with E-state index in [1.807, 2.05) is 0 Å². The molecule has 0 fully saturated rings. The Morgan fingerprint density at radius 2 is 2.00 bits per heavy atom. The Bertz CT molecular complexity index is 1260. The second kappa shape index (κ2) is 7.92. The first-order valence-corrected chi connectivity index (χ1v) is 9.79. The summed E-state index contributed by atoms with van der Waals surface area (Å²) in [5, 5.41) is 3.04. The third kappa shape index (κ3) is 4.52. The van der Waals surface area contributed by atoms with E-state index in [1.165, 1.54) is 12.1 Å². The molecule has 2 N–H and O–H groups in total. The highest BCUT2D eigenvalue weighted by molar-refractivity contribution is 7.71. The molecule has 0 saturated carbocycles. The Morgan fingerprint density at radius 1 is 1.23 bits per heavy atom. The van der Waals surface area contributed by atoms with Crippen LogP contribution in [-0.2, 0) is 0 Å². The van der Waals surface area contributed by atoms with E-state index >= 15 is 0 Å². The third-order valence-corrected chi connectivity index (χ3v) is 5.29. The lowest BCUT2D eigenvalue weighted by atomic mass is 10.2. The SMILES string of the molecule is O=C(Nc1nc2ccc(OCC(F)(F)F)cc2s1)c1ccc(-n2cc[nH]c2=S)cc1. The third-order valence-electron chi connectivity index (χ3n) is 4.04. The standard InChI is InChI=1S/C19H13F3N4O2S2/c20-19(21,22)10-28-13-5-6-14-15(9-13)30-17(24-14)25-16(27)11-1-3-12(4-2-11)26-8-7-23-18(26)29/h1-9H,10H2,(H,23,29)(H,24,25,27). The number of hydrogen-bond acceptors (Lipinski definition) is 5. The fourth-order valence-corrected chi connectivity index (χ4v) is 3.80. The van der Waals surface area contributed by atoms with Gasteiger partial charge in [-0.15, -0.1) is 0 Å². The van der Waals surface area contributed by atoms with E-state index in [2.05, 4.69) is 15.3 Å². The Morgan fingerprint density at radius 3 is 2.67 bits per heavy atom. The Labute approximate surface area is 177 Å². The molecule has 0 atom stereocenters. The lowest BCUT2D eigenvalue weighted by molar-refractivity contribution is -0.153. The summed E-state index contributed by atoms with van der Waals surface area (Å²) in [4.78, 5) is 19.7.